The van der Waals surface area contributed by atoms with Crippen molar-refractivity contribution in [2.45, 2.75) is 6.04 Å². The minimum Gasteiger partial charge on any atom is -0.464 e. The fraction of sp³-hybridized carbons (Fsp3) is 0.231. The number of carbonyl (C=O) groups excluding carboxylic acids is 3. The first-order chi connectivity index (χ1) is 10.5. The molecule has 9 heteroatoms. The topological polar surface area (TPSA) is 88.1 Å². The van der Waals surface area contributed by atoms with E-state index >= 15 is 0 Å². The van der Waals surface area contributed by atoms with Crippen molar-refractivity contribution in [3.05, 3.63) is 27.1 Å². The zero-order chi connectivity index (χ0) is 16.0. The molecule has 7 nitrogen and oxygen atoms in total. The van der Waals surface area contributed by atoms with Gasteiger partial charge in [-0.05, 0) is 34.1 Å². The number of carbonyl (C=O) groups is 3. The monoisotopic (exact) mass is 429 g/mol. The van der Waals surface area contributed by atoms with Crippen LogP contribution in [0.15, 0.2) is 32.2 Å². The number of ether oxygens (including phenoxy) is 1. The molecule has 0 unspecified atom stereocenters. The van der Waals surface area contributed by atoms with Crippen LogP contribution >= 0.6 is 31.9 Å². The van der Waals surface area contributed by atoms with E-state index in [1.54, 1.807) is 18.2 Å². The lowest BCUT2D eigenvalue weighted by Gasteiger charge is -2.17. The largest absolute Gasteiger partial charge is 0.464 e. The molecule has 114 valence electrons. The van der Waals surface area contributed by atoms with E-state index in [1.165, 1.54) is 7.11 Å². The van der Waals surface area contributed by atoms with Gasteiger partial charge in [0.2, 0.25) is 5.91 Å². The maximum absolute atomic E-state index is 12.6. The van der Waals surface area contributed by atoms with Crippen LogP contribution in [0.4, 0.5) is 5.69 Å². The second-order valence-electron chi connectivity index (χ2n) is 4.68. The number of imide groups is 1. The van der Waals surface area contributed by atoms with E-state index < -0.39 is 29.7 Å². The quantitative estimate of drug-likeness (QED) is 0.562. The minimum absolute atomic E-state index is 0.0819. The molecular formula is C13H9Br2N3O4. The number of methoxy groups -OCH3 is 1. The molecule has 1 saturated heterocycles. The highest BCUT2D eigenvalue weighted by molar-refractivity contribution is 9.11. The molecule has 3 rings (SSSR count). The van der Waals surface area contributed by atoms with Gasteiger partial charge in [-0.15, -0.1) is 0 Å². The van der Waals surface area contributed by atoms with Gasteiger partial charge in [0.05, 0.1) is 12.8 Å². The van der Waals surface area contributed by atoms with Gasteiger partial charge in [0.15, 0.2) is 5.71 Å². The zero-order valence-electron chi connectivity index (χ0n) is 11.2. The fourth-order valence-electron chi connectivity index (χ4n) is 2.46. The molecule has 2 aliphatic heterocycles. The molecule has 0 aromatic heterocycles. The second kappa shape index (κ2) is 5.47. The Bertz CT molecular complexity index is 734. The molecule has 0 saturated carbocycles. The number of hydrogen-bond acceptors (Lipinski definition) is 6. The van der Waals surface area contributed by atoms with Crippen LogP contribution in [-0.2, 0) is 19.1 Å². The third kappa shape index (κ3) is 2.15. The number of esters is 1. The summed E-state index contributed by atoms with van der Waals surface area (Å²) in [6, 6.07) is 4.21. The zero-order valence-corrected chi connectivity index (χ0v) is 14.3. The van der Waals surface area contributed by atoms with E-state index in [0.29, 0.717) is 10.2 Å². The summed E-state index contributed by atoms with van der Waals surface area (Å²) in [4.78, 5) is 37.8. The van der Waals surface area contributed by atoms with Crippen molar-refractivity contribution in [3.63, 3.8) is 0 Å². The Labute approximate surface area is 141 Å². The van der Waals surface area contributed by atoms with Gasteiger partial charge in [-0.2, -0.15) is 5.10 Å². The molecule has 0 radical (unpaired) electrons. The molecule has 0 spiro atoms. The molecular weight excluding hydrogens is 422 g/mol. The van der Waals surface area contributed by atoms with Crippen LogP contribution in [0.3, 0.4) is 0 Å². The van der Waals surface area contributed by atoms with Crippen LogP contribution in [0.1, 0.15) is 0 Å². The average Bonchev–Trinajstić information content (AvgIpc) is 3.01. The number of halogens is 2. The molecule has 2 atom stereocenters. The molecule has 0 aliphatic carbocycles. The standard InChI is InChI=1S/C13H9Br2N3O4/c1-22-13(21)10-8-9(16-17-10)12(20)18(11(8)19)7-3-2-5(14)4-6(7)15/h2-4,8-9,16H,1H3/t8-,9+/m0/s1. The Hall–Kier alpha value is -1.74. The highest BCUT2D eigenvalue weighted by Crippen LogP contribution is 2.36. The van der Waals surface area contributed by atoms with Crippen LogP contribution in [0.2, 0.25) is 0 Å². The highest BCUT2D eigenvalue weighted by Gasteiger charge is 2.56. The first-order valence-corrected chi connectivity index (χ1v) is 7.78. The molecule has 2 amide bonds. The lowest BCUT2D eigenvalue weighted by molar-refractivity contribution is -0.133. The van der Waals surface area contributed by atoms with Gasteiger partial charge in [0.1, 0.15) is 12.0 Å². The number of hydrogen-bond donors (Lipinski definition) is 1. The SMILES string of the molecule is COC(=O)C1=NN[C@H]2C(=O)N(c3ccc(Br)cc3Br)C(=O)[C@H]12. The van der Waals surface area contributed by atoms with Crippen LogP contribution in [0, 0.1) is 5.92 Å². The van der Waals surface area contributed by atoms with Gasteiger partial charge in [0, 0.05) is 8.95 Å². The van der Waals surface area contributed by atoms with Crippen molar-refractivity contribution < 1.29 is 19.1 Å². The van der Waals surface area contributed by atoms with E-state index in [-0.39, 0.29) is 5.71 Å². The maximum atomic E-state index is 12.6. The van der Waals surface area contributed by atoms with E-state index in [9.17, 15) is 14.4 Å². The Balaban J connectivity index is 2.00. The third-order valence-corrected chi connectivity index (χ3v) is 4.60. The van der Waals surface area contributed by atoms with Crippen LogP contribution < -0.4 is 10.3 Å². The number of hydrazone groups is 1. The molecule has 1 aromatic rings. The predicted molar refractivity (Wildman–Crippen MR) is 84.2 cm³/mol. The number of nitrogens with one attached hydrogen (secondary N) is 1. The van der Waals surface area contributed by atoms with Crippen molar-refractivity contribution in [2.75, 3.05) is 12.0 Å². The molecule has 22 heavy (non-hydrogen) atoms. The van der Waals surface area contributed by atoms with Crippen molar-refractivity contribution in [1.82, 2.24) is 5.43 Å². The van der Waals surface area contributed by atoms with Crippen molar-refractivity contribution >= 4 is 61.0 Å². The van der Waals surface area contributed by atoms with Crippen LogP contribution in [0.5, 0.6) is 0 Å². The summed E-state index contributed by atoms with van der Waals surface area (Å²) in [6.45, 7) is 0. The van der Waals surface area contributed by atoms with Crippen LogP contribution in [-0.4, -0.2) is 36.6 Å². The first-order valence-electron chi connectivity index (χ1n) is 6.20. The lowest BCUT2D eigenvalue weighted by Crippen LogP contribution is -2.36. The van der Waals surface area contributed by atoms with Gasteiger partial charge in [-0.1, -0.05) is 15.9 Å². The maximum Gasteiger partial charge on any atom is 0.355 e. The van der Waals surface area contributed by atoms with Crippen molar-refractivity contribution in [1.29, 1.82) is 0 Å². The number of fused-ring (bicyclic) bond motifs is 1. The van der Waals surface area contributed by atoms with Crippen molar-refractivity contribution in [2.24, 2.45) is 11.0 Å². The van der Waals surface area contributed by atoms with Gasteiger partial charge >= 0.3 is 5.97 Å². The third-order valence-electron chi connectivity index (χ3n) is 3.47. The summed E-state index contributed by atoms with van der Waals surface area (Å²) in [5.41, 5.74) is 2.88. The molecule has 1 aromatic carbocycles. The smallest absolute Gasteiger partial charge is 0.355 e. The van der Waals surface area contributed by atoms with Crippen LogP contribution in [0.25, 0.3) is 0 Å². The Morgan fingerprint density at radius 3 is 2.68 bits per heavy atom. The average molecular weight is 431 g/mol. The number of benzene rings is 1. The summed E-state index contributed by atoms with van der Waals surface area (Å²) in [5, 5.41) is 3.76. The second-order valence-corrected chi connectivity index (χ2v) is 6.45. The van der Waals surface area contributed by atoms with E-state index in [1.807, 2.05) is 0 Å². The number of nitrogens with zero attached hydrogens (tertiary/aromatic N) is 2. The predicted octanol–water partition coefficient (Wildman–Crippen LogP) is 1.20. The molecule has 2 heterocycles. The Kier molecular flexibility index (Phi) is 3.77. The van der Waals surface area contributed by atoms with Gasteiger partial charge in [-0.25, -0.2) is 9.69 Å². The summed E-state index contributed by atoms with van der Waals surface area (Å²) in [5.74, 6) is -2.65. The van der Waals surface area contributed by atoms with Crippen molar-refractivity contribution in [3.8, 4) is 0 Å². The summed E-state index contributed by atoms with van der Waals surface area (Å²) >= 11 is 6.64. The highest BCUT2D eigenvalue weighted by atomic mass is 79.9. The van der Waals surface area contributed by atoms with E-state index in [4.69, 9.17) is 0 Å². The normalized spacial score (nSPS) is 23.2. The molecule has 2 aliphatic rings. The number of rotatable bonds is 2. The number of amides is 2. The number of anilines is 1. The van der Waals surface area contributed by atoms with Gasteiger partial charge < -0.3 is 4.74 Å². The Morgan fingerprint density at radius 2 is 2.05 bits per heavy atom. The summed E-state index contributed by atoms with van der Waals surface area (Å²) in [7, 11) is 1.20. The van der Waals surface area contributed by atoms with Gasteiger partial charge in [0.25, 0.3) is 5.91 Å². The van der Waals surface area contributed by atoms with E-state index in [0.717, 1.165) is 9.37 Å². The summed E-state index contributed by atoms with van der Waals surface area (Å²) in [6.07, 6.45) is 0. The van der Waals surface area contributed by atoms with E-state index in [2.05, 4.69) is 47.1 Å². The minimum atomic E-state index is -0.963. The van der Waals surface area contributed by atoms with Gasteiger partial charge in [-0.3, -0.25) is 15.0 Å². The molecule has 1 fully saturated rings. The molecule has 1 N–H and O–H groups in total. The lowest BCUT2D eigenvalue weighted by atomic mass is 9.99. The fourth-order valence-corrected chi connectivity index (χ4v) is 3.69. The Morgan fingerprint density at radius 1 is 1.32 bits per heavy atom. The first kappa shape index (κ1) is 15.2. The molecule has 0 bridgehead atoms. The summed E-state index contributed by atoms with van der Waals surface area (Å²) < 4.78 is 5.99.